The first-order valence-electron chi connectivity index (χ1n) is 8.68. The van der Waals surface area contributed by atoms with Gasteiger partial charge >= 0.3 is 5.97 Å². The number of rotatable bonds is 14. The van der Waals surface area contributed by atoms with Gasteiger partial charge in [-0.1, -0.05) is 56.2 Å². The molecular weight excluding hydrogens is 291 g/mol. The Morgan fingerprint density at radius 2 is 1.57 bits per heavy atom. The fourth-order valence-electron chi connectivity index (χ4n) is 1.96. The molecular formula is C20H31FO2. The predicted octanol–water partition coefficient (Wildman–Crippen LogP) is 6.51. The molecule has 0 saturated carbocycles. The van der Waals surface area contributed by atoms with Crippen molar-refractivity contribution in [2.24, 2.45) is 0 Å². The number of hydrogen-bond acceptors (Lipinski definition) is 1. The molecule has 0 unspecified atom stereocenters. The van der Waals surface area contributed by atoms with Crippen LogP contribution in [0.2, 0.25) is 0 Å². The molecule has 0 aromatic heterocycles. The molecule has 23 heavy (non-hydrogen) atoms. The van der Waals surface area contributed by atoms with Crippen LogP contribution in [0.4, 0.5) is 4.39 Å². The summed E-state index contributed by atoms with van der Waals surface area (Å²) >= 11 is 0. The number of carbonyl (C=O) groups is 1. The summed E-state index contributed by atoms with van der Waals surface area (Å²) in [5, 5.41) is 8.48. The minimum atomic E-state index is -0.747. The van der Waals surface area contributed by atoms with Gasteiger partial charge in [0.1, 0.15) is 5.83 Å². The van der Waals surface area contributed by atoms with Crippen molar-refractivity contribution in [1.29, 1.82) is 0 Å². The molecule has 1 N–H and O–H groups in total. The van der Waals surface area contributed by atoms with Crippen LogP contribution >= 0.6 is 0 Å². The first-order valence-corrected chi connectivity index (χ1v) is 8.68. The van der Waals surface area contributed by atoms with E-state index in [1.807, 2.05) is 30.4 Å². The van der Waals surface area contributed by atoms with Crippen LogP contribution in [-0.4, -0.2) is 11.1 Å². The molecule has 0 amide bonds. The van der Waals surface area contributed by atoms with Crippen LogP contribution in [-0.2, 0) is 4.79 Å². The Morgan fingerprint density at radius 1 is 0.913 bits per heavy atom. The Balaban J connectivity index is 3.62. The summed E-state index contributed by atoms with van der Waals surface area (Å²) in [6, 6.07) is 0. The molecule has 0 aromatic carbocycles. The molecule has 0 saturated heterocycles. The average molecular weight is 322 g/mol. The van der Waals surface area contributed by atoms with E-state index in [0.29, 0.717) is 19.3 Å². The number of carboxylic acids is 1. The zero-order valence-corrected chi connectivity index (χ0v) is 14.3. The zero-order valence-electron chi connectivity index (χ0n) is 14.3. The Bertz CT molecular complexity index is 406. The Kier molecular flexibility index (Phi) is 15.5. The van der Waals surface area contributed by atoms with Crippen LogP contribution in [0.15, 0.2) is 48.4 Å². The van der Waals surface area contributed by atoms with Crippen molar-refractivity contribution >= 4 is 5.97 Å². The molecule has 0 fully saturated rings. The third-order valence-electron chi connectivity index (χ3n) is 3.30. The summed E-state index contributed by atoms with van der Waals surface area (Å²) in [4.78, 5) is 10.3. The van der Waals surface area contributed by atoms with Gasteiger partial charge in [-0.15, -0.1) is 0 Å². The van der Waals surface area contributed by atoms with Gasteiger partial charge in [0.15, 0.2) is 0 Å². The molecule has 0 spiro atoms. The van der Waals surface area contributed by atoms with Crippen molar-refractivity contribution in [3.8, 4) is 0 Å². The zero-order chi connectivity index (χ0) is 17.2. The molecule has 0 atom stereocenters. The lowest BCUT2D eigenvalue weighted by molar-refractivity contribution is -0.137. The van der Waals surface area contributed by atoms with Gasteiger partial charge in [-0.2, -0.15) is 0 Å². The summed E-state index contributed by atoms with van der Waals surface area (Å²) in [7, 11) is 0. The highest BCUT2D eigenvalue weighted by Gasteiger charge is 1.92. The maximum Gasteiger partial charge on any atom is 0.303 e. The number of allylic oxidation sites excluding steroid dienone is 8. The van der Waals surface area contributed by atoms with Crippen LogP contribution in [0.25, 0.3) is 0 Å². The van der Waals surface area contributed by atoms with E-state index in [-0.39, 0.29) is 12.2 Å². The molecule has 0 aliphatic heterocycles. The predicted molar refractivity (Wildman–Crippen MR) is 96.1 cm³/mol. The quantitative estimate of drug-likeness (QED) is 0.292. The van der Waals surface area contributed by atoms with Crippen molar-refractivity contribution in [2.75, 3.05) is 0 Å². The number of halogens is 1. The van der Waals surface area contributed by atoms with Gasteiger partial charge < -0.3 is 5.11 Å². The first-order chi connectivity index (χ1) is 11.2. The number of carboxylic acid groups (broad SMARTS) is 1. The number of unbranched alkanes of at least 4 members (excludes halogenated alkanes) is 4. The third kappa shape index (κ3) is 18.3. The highest BCUT2D eigenvalue weighted by Crippen LogP contribution is 2.08. The molecule has 2 nitrogen and oxygen atoms in total. The smallest absolute Gasteiger partial charge is 0.303 e. The highest BCUT2D eigenvalue weighted by atomic mass is 19.1. The average Bonchev–Trinajstić information content (AvgIpc) is 2.52. The molecule has 0 aromatic rings. The summed E-state index contributed by atoms with van der Waals surface area (Å²) in [5.41, 5.74) is 0. The second-order valence-corrected chi connectivity index (χ2v) is 5.52. The van der Waals surface area contributed by atoms with E-state index in [1.54, 1.807) is 6.08 Å². The third-order valence-corrected chi connectivity index (χ3v) is 3.30. The van der Waals surface area contributed by atoms with Crippen molar-refractivity contribution in [3.63, 3.8) is 0 Å². The van der Waals surface area contributed by atoms with E-state index in [0.717, 1.165) is 19.3 Å². The van der Waals surface area contributed by atoms with Crippen LogP contribution in [0.3, 0.4) is 0 Å². The summed E-state index contributed by atoms with van der Waals surface area (Å²) in [5.74, 6) is -0.825. The van der Waals surface area contributed by atoms with Gasteiger partial charge in [-0.05, 0) is 44.6 Å². The lowest BCUT2D eigenvalue weighted by Crippen LogP contribution is -1.92. The van der Waals surface area contributed by atoms with E-state index >= 15 is 0 Å². The minimum Gasteiger partial charge on any atom is -0.481 e. The van der Waals surface area contributed by atoms with Crippen molar-refractivity contribution in [3.05, 3.63) is 48.4 Å². The largest absolute Gasteiger partial charge is 0.481 e. The first kappa shape index (κ1) is 21.4. The van der Waals surface area contributed by atoms with Gasteiger partial charge in [0, 0.05) is 12.8 Å². The molecule has 0 aliphatic rings. The fraction of sp³-hybridized carbons (Fsp3) is 0.550. The summed E-state index contributed by atoms with van der Waals surface area (Å²) < 4.78 is 13.5. The van der Waals surface area contributed by atoms with Gasteiger partial charge in [0.2, 0.25) is 0 Å². The van der Waals surface area contributed by atoms with E-state index in [4.69, 9.17) is 5.11 Å². The summed E-state index contributed by atoms with van der Waals surface area (Å²) in [6.45, 7) is 2.18. The lowest BCUT2D eigenvalue weighted by atomic mass is 10.2. The van der Waals surface area contributed by atoms with Gasteiger partial charge in [-0.3, -0.25) is 4.79 Å². The Hall–Kier alpha value is -1.64. The van der Waals surface area contributed by atoms with Crippen LogP contribution in [0, 0.1) is 0 Å². The Labute approximate surface area is 140 Å². The molecule has 0 radical (unpaired) electrons. The number of aliphatic carboxylic acids is 1. The van der Waals surface area contributed by atoms with E-state index in [9.17, 15) is 9.18 Å². The summed E-state index contributed by atoms with van der Waals surface area (Å²) in [6.07, 6.45) is 21.7. The van der Waals surface area contributed by atoms with Crippen LogP contribution in [0.5, 0.6) is 0 Å². The standard InChI is InChI=1S/C20H31FO2/c1-2-3-4-5-10-13-16-19(21)17-14-11-8-6-7-9-12-15-18-20(22)23/h7-11,13,17H,2-6,12,14-16,18H2,1H3,(H,22,23)/b9-7-,11-8-,13-10-,19-17+. The van der Waals surface area contributed by atoms with Crippen LogP contribution in [0.1, 0.15) is 71.1 Å². The lowest BCUT2D eigenvalue weighted by Gasteiger charge is -1.93. The Morgan fingerprint density at radius 3 is 2.30 bits per heavy atom. The highest BCUT2D eigenvalue weighted by molar-refractivity contribution is 5.66. The van der Waals surface area contributed by atoms with Gasteiger partial charge in [0.25, 0.3) is 0 Å². The van der Waals surface area contributed by atoms with Gasteiger partial charge in [0.05, 0.1) is 0 Å². The molecule has 130 valence electrons. The van der Waals surface area contributed by atoms with Crippen molar-refractivity contribution < 1.29 is 14.3 Å². The maximum absolute atomic E-state index is 13.5. The second-order valence-electron chi connectivity index (χ2n) is 5.52. The normalized spacial score (nSPS) is 12.9. The van der Waals surface area contributed by atoms with Gasteiger partial charge in [-0.25, -0.2) is 4.39 Å². The maximum atomic E-state index is 13.5. The second kappa shape index (κ2) is 16.7. The monoisotopic (exact) mass is 322 g/mol. The number of hydrogen-bond donors (Lipinski definition) is 1. The molecule has 0 aliphatic carbocycles. The molecule has 3 heteroatoms. The SMILES string of the molecule is CCCCC/C=C\C/C(F)=C\C/C=C\C/C=C\CCCC(=O)O. The molecule has 0 bridgehead atoms. The van der Waals surface area contributed by atoms with E-state index < -0.39 is 5.97 Å². The molecule has 0 rings (SSSR count). The van der Waals surface area contributed by atoms with Crippen molar-refractivity contribution in [1.82, 2.24) is 0 Å². The van der Waals surface area contributed by atoms with Crippen molar-refractivity contribution in [2.45, 2.75) is 71.1 Å². The van der Waals surface area contributed by atoms with Crippen LogP contribution < -0.4 is 0 Å². The van der Waals surface area contributed by atoms with E-state index in [1.165, 1.54) is 19.3 Å². The minimum absolute atomic E-state index is 0.0781. The topological polar surface area (TPSA) is 37.3 Å². The van der Waals surface area contributed by atoms with E-state index in [2.05, 4.69) is 13.0 Å². The molecule has 0 heterocycles. The fourth-order valence-corrected chi connectivity index (χ4v) is 1.96.